The van der Waals surface area contributed by atoms with Crippen LogP contribution in [0.3, 0.4) is 0 Å². The third-order valence-electron chi connectivity index (χ3n) is 1.98. The molecule has 0 aliphatic heterocycles. The van der Waals surface area contributed by atoms with Gasteiger partial charge in [0.15, 0.2) is 0 Å². The first-order valence-electron chi connectivity index (χ1n) is 4.99. The van der Waals surface area contributed by atoms with E-state index in [2.05, 4.69) is 16.6 Å². The molecule has 0 heterocycles. The van der Waals surface area contributed by atoms with E-state index in [1.807, 2.05) is 0 Å². The Bertz CT molecular complexity index is 454. The molecule has 0 aromatic heterocycles. The van der Waals surface area contributed by atoms with Crippen molar-refractivity contribution < 1.29 is 13.6 Å². The highest BCUT2D eigenvalue weighted by atomic mass is 19.1. The Kier molecular flexibility index (Phi) is 4.46. The fourth-order valence-electron chi connectivity index (χ4n) is 1.20. The molecule has 0 saturated heterocycles. The lowest BCUT2D eigenvalue weighted by atomic mass is 10.2. The van der Waals surface area contributed by atoms with Crippen molar-refractivity contribution in [2.24, 2.45) is 0 Å². The van der Waals surface area contributed by atoms with Gasteiger partial charge in [-0.05, 0) is 19.1 Å². The Hall–Kier alpha value is -2.09. The van der Waals surface area contributed by atoms with Gasteiger partial charge in [0.05, 0.1) is 5.69 Å². The Morgan fingerprint density at radius 3 is 2.82 bits per heavy atom. The number of terminal acetylenes is 1. The summed E-state index contributed by atoms with van der Waals surface area (Å²) in [7, 11) is 0. The molecule has 90 valence electrons. The Morgan fingerprint density at radius 2 is 2.24 bits per heavy atom. The first kappa shape index (κ1) is 13.0. The lowest BCUT2D eigenvalue weighted by Crippen LogP contribution is -2.36. The van der Waals surface area contributed by atoms with Crippen LogP contribution in [0.2, 0.25) is 0 Å². The minimum atomic E-state index is -0.829. The zero-order valence-electron chi connectivity index (χ0n) is 9.26. The SMILES string of the molecule is C#CCC(C)NC(=O)Nc1ccc(F)cc1F. The van der Waals surface area contributed by atoms with E-state index in [4.69, 9.17) is 6.42 Å². The van der Waals surface area contributed by atoms with Crippen LogP contribution in [0.4, 0.5) is 19.3 Å². The van der Waals surface area contributed by atoms with Crippen LogP contribution in [0.5, 0.6) is 0 Å². The minimum absolute atomic E-state index is 0.0863. The molecule has 1 atom stereocenters. The average molecular weight is 238 g/mol. The molecule has 2 N–H and O–H groups in total. The highest BCUT2D eigenvalue weighted by molar-refractivity contribution is 5.89. The lowest BCUT2D eigenvalue weighted by Gasteiger charge is -2.12. The summed E-state index contributed by atoms with van der Waals surface area (Å²) >= 11 is 0. The molecule has 0 spiro atoms. The fraction of sp³-hybridized carbons (Fsp3) is 0.250. The van der Waals surface area contributed by atoms with Crippen molar-refractivity contribution in [2.45, 2.75) is 19.4 Å². The van der Waals surface area contributed by atoms with E-state index in [0.717, 1.165) is 12.1 Å². The second kappa shape index (κ2) is 5.85. The van der Waals surface area contributed by atoms with Crippen molar-refractivity contribution in [1.29, 1.82) is 0 Å². The van der Waals surface area contributed by atoms with Crippen LogP contribution in [-0.2, 0) is 0 Å². The maximum atomic E-state index is 13.2. The quantitative estimate of drug-likeness (QED) is 0.780. The lowest BCUT2D eigenvalue weighted by molar-refractivity contribution is 0.249. The number of hydrogen-bond acceptors (Lipinski definition) is 1. The molecule has 0 saturated carbocycles. The van der Waals surface area contributed by atoms with Gasteiger partial charge in [0, 0.05) is 18.5 Å². The molecular formula is C12H12F2N2O. The van der Waals surface area contributed by atoms with E-state index in [9.17, 15) is 13.6 Å². The predicted molar refractivity (Wildman–Crippen MR) is 61.4 cm³/mol. The van der Waals surface area contributed by atoms with Crippen molar-refractivity contribution >= 4 is 11.7 Å². The maximum Gasteiger partial charge on any atom is 0.319 e. The summed E-state index contributed by atoms with van der Waals surface area (Å²) in [6, 6.07) is 2.10. The van der Waals surface area contributed by atoms with E-state index in [-0.39, 0.29) is 11.7 Å². The van der Waals surface area contributed by atoms with Gasteiger partial charge in [-0.15, -0.1) is 12.3 Å². The summed E-state index contributed by atoms with van der Waals surface area (Å²) in [5, 5.41) is 4.78. The van der Waals surface area contributed by atoms with Gasteiger partial charge in [-0.25, -0.2) is 13.6 Å². The zero-order chi connectivity index (χ0) is 12.8. The van der Waals surface area contributed by atoms with Crippen molar-refractivity contribution in [3.05, 3.63) is 29.8 Å². The number of rotatable bonds is 3. The second-order valence-corrected chi connectivity index (χ2v) is 3.53. The van der Waals surface area contributed by atoms with Crippen LogP contribution in [0, 0.1) is 24.0 Å². The highest BCUT2D eigenvalue weighted by Gasteiger charge is 2.09. The van der Waals surface area contributed by atoms with E-state index < -0.39 is 17.7 Å². The van der Waals surface area contributed by atoms with Crippen LogP contribution in [0.1, 0.15) is 13.3 Å². The van der Waals surface area contributed by atoms with Gasteiger partial charge in [-0.2, -0.15) is 0 Å². The van der Waals surface area contributed by atoms with Crippen LogP contribution in [-0.4, -0.2) is 12.1 Å². The van der Waals surface area contributed by atoms with E-state index in [1.165, 1.54) is 0 Å². The molecule has 3 nitrogen and oxygen atoms in total. The topological polar surface area (TPSA) is 41.1 Å². The van der Waals surface area contributed by atoms with Crippen molar-refractivity contribution in [3.8, 4) is 12.3 Å². The molecule has 1 aromatic carbocycles. The normalized spacial score (nSPS) is 11.4. The number of urea groups is 1. The molecule has 5 heteroatoms. The smallest absolute Gasteiger partial charge is 0.319 e. The molecule has 0 aliphatic rings. The minimum Gasteiger partial charge on any atom is -0.334 e. The standard InChI is InChI=1S/C12H12F2N2O/c1-3-4-8(2)15-12(17)16-11-6-5-9(13)7-10(11)14/h1,5-8H,4H2,2H3,(H2,15,16,17). The molecule has 1 rings (SSSR count). The van der Waals surface area contributed by atoms with E-state index >= 15 is 0 Å². The largest absolute Gasteiger partial charge is 0.334 e. The average Bonchev–Trinajstić information content (AvgIpc) is 2.22. The van der Waals surface area contributed by atoms with Gasteiger partial charge >= 0.3 is 6.03 Å². The first-order valence-corrected chi connectivity index (χ1v) is 4.99. The number of anilines is 1. The van der Waals surface area contributed by atoms with Crippen LogP contribution >= 0.6 is 0 Å². The van der Waals surface area contributed by atoms with Gasteiger partial charge in [0.25, 0.3) is 0 Å². The summed E-state index contributed by atoms with van der Waals surface area (Å²) in [4.78, 5) is 11.4. The van der Waals surface area contributed by atoms with Gasteiger partial charge in [0.1, 0.15) is 11.6 Å². The van der Waals surface area contributed by atoms with Gasteiger partial charge in [-0.3, -0.25) is 0 Å². The van der Waals surface area contributed by atoms with Crippen molar-refractivity contribution in [1.82, 2.24) is 5.32 Å². The fourth-order valence-corrected chi connectivity index (χ4v) is 1.20. The Morgan fingerprint density at radius 1 is 1.53 bits per heavy atom. The zero-order valence-corrected chi connectivity index (χ0v) is 9.26. The molecule has 0 radical (unpaired) electrons. The Labute approximate surface area is 98.2 Å². The number of carbonyl (C=O) groups excluding carboxylic acids is 1. The number of amides is 2. The molecular weight excluding hydrogens is 226 g/mol. The summed E-state index contributed by atoms with van der Waals surface area (Å²) in [6.07, 6.45) is 5.45. The van der Waals surface area contributed by atoms with Gasteiger partial charge in [-0.1, -0.05) is 0 Å². The third-order valence-corrected chi connectivity index (χ3v) is 1.98. The summed E-state index contributed by atoms with van der Waals surface area (Å²) in [5.74, 6) is 0.861. The number of benzene rings is 1. The predicted octanol–water partition coefficient (Wildman–Crippen LogP) is 2.50. The monoisotopic (exact) mass is 238 g/mol. The van der Waals surface area contributed by atoms with Crippen molar-refractivity contribution in [3.63, 3.8) is 0 Å². The number of hydrogen-bond donors (Lipinski definition) is 2. The third kappa shape index (κ3) is 4.11. The molecule has 0 fully saturated rings. The highest BCUT2D eigenvalue weighted by Crippen LogP contribution is 2.14. The van der Waals surface area contributed by atoms with Crippen LogP contribution < -0.4 is 10.6 Å². The molecule has 0 aliphatic carbocycles. The summed E-state index contributed by atoms with van der Waals surface area (Å²) in [6.45, 7) is 1.72. The van der Waals surface area contributed by atoms with Crippen LogP contribution in [0.15, 0.2) is 18.2 Å². The van der Waals surface area contributed by atoms with Gasteiger partial charge in [0.2, 0.25) is 0 Å². The first-order chi connectivity index (χ1) is 8.02. The number of carbonyl (C=O) groups is 1. The Balaban J connectivity index is 2.60. The van der Waals surface area contributed by atoms with E-state index in [1.54, 1.807) is 6.92 Å². The second-order valence-electron chi connectivity index (χ2n) is 3.53. The van der Waals surface area contributed by atoms with E-state index in [0.29, 0.717) is 12.5 Å². The number of halogens is 2. The molecule has 2 amide bonds. The summed E-state index contributed by atoms with van der Waals surface area (Å²) in [5.41, 5.74) is -0.0863. The van der Waals surface area contributed by atoms with Crippen molar-refractivity contribution in [2.75, 3.05) is 5.32 Å². The molecule has 0 bridgehead atoms. The molecule has 1 aromatic rings. The molecule has 17 heavy (non-hydrogen) atoms. The summed E-state index contributed by atoms with van der Waals surface area (Å²) < 4.78 is 25.8. The molecule has 1 unspecified atom stereocenters. The van der Waals surface area contributed by atoms with Crippen LogP contribution in [0.25, 0.3) is 0 Å². The number of nitrogens with one attached hydrogen (secondary N) is 2. The van der Waals surface area contributed by atoms with Gasteiger partial charge < -0.3 is 10.6 Å². The maximum absolute atomic E-state index is 13.2.